The molecule has 4 rings (SSSR count). The molecule has 0 atom stereocenters. The Morgan fingerprint density at radius 1 is 1.32 bits per heavy atom. The van der Waals surface area contributed by atoms with Gasteiger partial charge in [-0.25, -0.2) is 13.1 Å². The largest absolute Gasteiger partial charge is 0.234 e. The Morgan fingerprint density at radius 3 is 2.92 bits per heavy atom. The number of rotatable bonds is 7. The molecule has 0 spiro atoms. The van der Waals surface area contributed by atoms with Gasteiger partial charge in [0.15, 0.2) is 5.82 Å². The lowest BCUT2D eigenvalue weighted by Crippen LogP contribution is -2.27. The molecule has 7 nitrogen and oxygen atoms in total. The maximum atomic E-state index is 12.2. The molecule has 25 heavy (non-hydrogen) atoms. The van der Waals surface area contributed by atoms with Gasteiger partial charge in [0.2, 0.25) is 15.0 Å². The molecule has 1 fully saturated rings. The number of hydrogen-bond acceptors (Lipinski definition) is 6. The topological polar surface area (TPSA) is 89.2 Å². The fraction of sp³-hybridized carbons (Fsp3) is 0.438. The van der Waals surface area contributed by atoms with E-state index in [1.54, 1.807) is 4.52 Å². The maximum Gasteiger partial charge on any atom is 0.234 e. The van der Waals surface area contributed by atoms with E-state index in [-0.39, 0.29) is 5.75 Å². The van der Waals surface area contributed by atoms with Gasteiger partial charge in [-0.05, 0) is 25.3 Å². The third-order valence-electron chi connectivity index (χ3n) is 4.10. The van der Waals surface area contributed by atoms with Crippen LogP contribution in [-0.4, -0.2) is 34.8 Å². The molecular weight excluding hydrogens is 358 g/mol. The van der Waals surface area contributed by atoms with Gasteiger partial charge in [-0.2, -0.15) is 9.61 Å². The van der Waals surface area contributed by atoms with E-state index in [0.29, 0.717) is 18.9 Å². The summed E-state index contributed by atoms with van der Waals surface area (Å²) in [6.45, 7) is 2.28. The minimum absolute atomic E-state index is 0.00832. The first-order valence-electron chi connectivity index (χ1n) is 8.24. The number of fused-ring (bicyclic) bond motifs is 1. The fourth-order valence-electron chi connectivity index (χ4n) is 2.75. The molecule has 9 heteroatoms. The Balaban J connectivity index is 1.36. The highest BCUT2D eigenvalue weighted by Gasteiger charge is 2.30. The number of aryl methyl sites for hydroxylation is 1. The lowest BCUT2D eigenvalue weighted by Gasteiger charge is -2.06. The van der Waals surface area contributed by atoms with Gasteiger partial charge in [0.1, 0.15) is 5.01 Å². The van der Waals surface area contributed by atoms with E-state index in [2.05, 4.69) is 20.0 Å². The van der Waals surface area contributed by atoms with Gasteiger partial charge < -0.3 is 0 Å². The smallest absolute Gasteiger partial charge is 0.215 e. The van der Waals surface area contributed by atoms with Crippen LogP contribution in [0.4, 0.5) is 0 Å². The van der Waals surface area contributed by atoms with Crippen LogP contribution in [0.2, 0.25) is 0 Å². The van der Waals surface area contributed by atoms with Gasteiger partial charge >= 0.3 is 0 Å². The second kappa shape index (κ2) is 6.47. The fourth-order valence-corrected chi connectivity index (χ4v) is 4.73. The second-order valence-corrected chi connectivity index (χ2v) is 9.26. The Labute approximate surface area is 150 Å². The molecule has 132 valence electrons. The molecule has 1 N–H and O–H groups in total. The Hall–Kier alpha value is -1.84. The molecule has 3 aromatic rings. The standard InChI is InChI=1S/C16H19N5O2S2/c1-11-3-2-4-12(9-11)10-25(22,23)17-8-7-14-20-21-15(13-5-6-13)18-19-16(21)24-14/h2-4,9,13,17H,5-8,10H2,1H3. The van der Waals surface area contributed by atoms with E-state index in [4.69, 9.17) is 0 Å². The SMILES string of the molecule is Cc1cccc(CS(=O)(=O)NCCc2nn3c(C4CC4)nnc3s2)c1. The first-order valence-corrected chi connectivity index (χ1v) is 10.7. The average molecular weight is 377 g/mol. The molecule has 1 aliphatic rings. The van der Waals surface area contributed by atoms with Crippen molar-refractivity contribution in [3.05, 3.63) is 46.2 Å². The summed E-state index contributed by atoms with van der Waals surface area (Å²) < 4.78 is 28.9. The van der Waals surface area contributed by atoms with Crippen molar-refractivity contribution in [2.24, 2.45) is 0 Å². The number of hydrogen-bond donors (Lipinski definition) is 1. The lowest BCUT2D eigenvalue weighted by molar-refractivity contribution is 0.580. The first kappa shape index (κ1) is 16.6. The van der Waals surface area contributed by atoms with E-state index in [1.807, 2.05) is 31.2 Å². The molecule has 0 aliphatic heterocycles. The molecule has 0 amide bonds. The molecule has 0 bridgehead atoms. The van der Waals surface area contributed by atoms with Crippen LogP contribution in [0.1, 0.15) is 40.7 Å². The van der Waals surface area contributed by atoms with Crippen LogP contribution < -0.4 is 4.72 Å². The highest BCUT2D eigenvalue weighted by Crippen LogP contribution is 2.39. The van der Waals surface area contributed by atoms with Crippen molar-refractivity contribution in [3.8, 4) is 0 Å². The van der Waals surface area contributed by atoms with Gasteiger partial charge in [-0.3, -0.25) is 0 Å². The third kappa shape index (κ3) is 3.88. The Bertz CT molecular complexity index is 1000. The lowest BCUT2D eigenvalue weighted by atomic mass is 10.2. The quantitative estimate of drug-likeness (QED) is 0.680. The molecule has 1 saturated carbocycles. The predicted molar refractivity (Wildman–Crippen MR) is 96.1 cm³/mol. The van der Waals surface area contributed by atoms with Crippen LogP contribution in [0.25, 0.3) is 4.96 Å². The first-order chi connectivity index (χ1) is 12.0. The third-order valence-corrected chi connectivity index (χ3v) is 6.42. The highest BCUT2D eigenvalue weighted by atomic mass is 32.2. The van der Waals surface area contributed by atoms with E-state index >= 15 is 0 Å². The summed E-state index contributed by atoms with van der Waals surface area (Å²) in [6.07, 6.45) is 2.84. The van der Waals surface area contributed by atoms with Gasteiger partial charge in [-0.15, -0.1) is 10.2 Å². The monoisotopic (exact) mass is 377 g/mol. The Kier molecular flexibility index (Phi) is 4.30. The summed E-state index contributed by atoms with van der Waals surface area (Å²) in [6, 6.07) is 7.54. The average Bonchev–Trinajstić information content (AvgIpc) is 3.17. The number of nitrogens with zero attached hydrogens (tertiary/aromatic N) is 4. The summed E-state index contributed by atoms with van der Waals surface area (Å²) in [4.78, 5) is 0.777. The van der Waals surface area contributed by atoms with E-state index in [1.165, 1.54) is 11.3 Å². The molecule has 1 aromatic carbocycles. The van der Waals surface area contributed by atoms with E-state index < -0.39 is 10.0 Å². The summed E-state index contributed by atoms with van der Waals surface area (Å²) in [7, 11) is -3.36. The Morgan fingerprint density at radius 2 is 2.16 bits per heavy atom. The van der Waals surface area contributed by atoms with Crippen LogP contribution in [0.15, 0.2) is 24.3 Å². The van der Waals surface area contributed by atoms with Crippen LogP contribution in [-0.2, 0) is 22.2 Å². The van der Waals surface area contributed by atoms with Crippen LogP contribution in [0.5, 0.6) is 0 Å². The van der Waals surface area contributed by atoms with Crippen molar-refractivity contribution in [1.29, 1.82) is 0 Å². The van der Waals surface area contributed by atoms with Gasteiger partial charge in [-0.1, -0.05) is 41.2 Å². The predicted octanol–water partition coefficient (Wildman–Crippen LogP) is 2.03. The molecule has 0 unspecified atom stereocenters. The second-order valence-electron chi connectivity index (χ2n) is 6.42. The summed E-state index contributed by atoms with van der Waals surface area (Å²) in [5, 5.41) is 13.7. The van der Waals surface area contributed by atoms with Crippen molar-refractivity contribution in [3.63, 3.8) is 0 Å². The minimum Gasteiger partial charge on any atom is -0.215 e. The zero-order valence-electron chi connectivity index (χ0n) is 13.8. The van der Waals surface area contributed by atoms with Crippen LogP contribution in [0.3, 0.4) is 0 Å². The molecule has 1 aliphatic carbocycles. The summed E-state index contributed by atoms with van der Waals surface area (Å²) in [5.41, 5.74) is 1.85. The molecule has 0 radical (unpaired) electrons. The number of aromatic nitrogens is 4. The van der Waals surface area contributed by atoms with E-state index in [9.17, 15) is 8.42 Å². The zero-order chi connectivity index (χ0) is 17.4. The van der Waals surface area contributed by atoms with Crippen molar-refractivity contribution in [2.75, 3.05) is 6.54 Å². The molecule has 2 heterocycles. The van der Waals surface area contributed by atoms with Gasteiger partial charge in [0, 0.05) is 18.9 Å². The minimum atomic E-state index is -3.36. The number of benzene rings is 1. The van der Waals surface area contributed by atoms with Crippen molar-refractivity contribution < 1.29 is 8.42 Å². The molecular formula is C16H19N5O2S2. The van der Waals surface area contributed by atoms with Crippen molar-refractivity contribution >= 4 is 26.3 Å². The zero-order valence-corrected chi connectivity index (χ0v) is 15.5. The normalized spacial score (nSPS) is 15.1. The summed E-state index contributed by atoms with van der Waals surface area (Å²) in [5.74, 6) is 1.40. The van der Waals surface area contributed by atoms with Crippen molar-refractivity contribution in [2.45, 2.75) is 37.9 Å². The maximum absolute atomic E-state index is 12.2. The highest BCUT2D eigenvalue weighted by molar-refractivity contribution is 7.88. The van der Waals surface area contributed by atoms with Crippen LogP contribution in [0, 0.1) is 6.92 Å². The van der Waals surface area contributed by atoms with Crippen LogP contribution >= 0.6 is 11.3 Å². The number of nitrogens with one attached hydrogen (secondary N) is 1. The van der Waals surface area contributed by atoms with Crippen molar-refractivity contribution in [1.82, 2.24) is 24.5 Å². The van der Waals surface area contributed by atoms with Gasteiger partial charge in [0.05, 0.1) is 5.75 Å². The van der Waals surface area contributed by atoms with Gasteiger partial charge in [0.25, 0.3) is 0 Å². The van der Waals surface area contributed by atoms with E-state index in [0.717, 1.165) is 39.8 Å². The summed E-state index contributed by atoms with van der Waals surface area (Å²) >= 11 is 1.46. The molecule has 2 aromatic heterocycles. The molecule has 0 saturated heterocycles. The number of sulfonamides is 1.